The van der Waals surface area contributed by atoms with E-state index in [4.69, 9.17) is 16.1 Å². The standard InChI is InChI=1S/C18H26ClN5O.HI/c1-3-5-6-12-21-18(20-4-2)22-13-11-16-23-17(24-25-16)14-7-9-15(19)10-8-14;/h7-10H,3-6,11-13H2,1-2H3,(H2,20,21,22);1H. The lowest BCUT2D eigenvalue weighted by Gasteiger charge is -2.10. The van der Waals surface area contributed by atoms with Crippen molar-refractivity contribution in [1.29, 1.82) is 0 Å². The average molecular weight is 492 g/mol. The van der Waals surface area contributed by atoms with Crippen molar-refractivity contribution in [2.45, 2.75) is 39.5 Å². The predicted octanol–water partition coefficient (Wildman–Crippen LogP) is 4.30. The van der Waals surface area contributed by atoms with Gasteiger partial charge in [-0.15, -0.1) is 24.0 Å². The number of aromatic nitrogens is 2. The van der Waals surface area contributed by atoms with E-state index >= 15 is 0 Å². The Balaban J connectivity index is 0.00000338. The molecule has 6 nitrogen and oxygen atoms in total. The van der Waals surface area contributed by atoms with Crippen molar-refractivity contribution in [2.75, 3.05) is 19.6 Å². The maximum Gasteiger partial charge on any atom is 0.228 e. The molecular formula is C18H27ClIN5O. The van der Waals surface area contributed by atoms with Gasteiger partial charge in [-0.25, -0.2) is 0 Å². The minimum absolute atomic E-state index is 0. The first-order valence-corrected chi connectivity index (χ1v) is 9.21. The largest absolute Gasteiger partial charge is 0.357 e. The molecule has 0 spiro atoms. The highest BCUT2D eigenvalue weighted by Crippen LogP contribution is 2.18. The zero-order valence-corrected chi connectivity index (χ0v) is 18.4. The second-order valence-corrected chi connectivity index (χ2v) is 6.10. The Kier molecular flexibility index (Phi) is 11.3. The number of unbranched alkanes of at least 4 members (excludes halogenated alkanes) is 2. The van der Waals surface area contributed by atoms with Crippen molar-refractivity contribution in [3.63, 3.8) is 0 Å². The molecule has 1 heterocycles. The number of nitrogens with one attached hydrogen (secondary N) is 2. The van der Waals surface area contributed by atoms with Crippen molar-refractivity contribution in [3.05, 3.63) is 35.2 Å². The summed E-state index contributed by atoms with van der Waals surface area (Å²) >= 11 is 5.89. The molecule has 1 aromatic heterocycles. The van der Waals surface area contributed by atoms with Gasteiger partial charge in [0.05, 0.1) is 0 Å². The van der Waals surface area contributed by atoms with Gasteiger partial charge in [0.15, 0.2) is 5.96 Å². The molecule has 0 aliphatic heterocycles. The number of rotatable bonds is 9. The minimum atomic E-state index is 0. The van der Waals surface area contributed by atoms with E-state index < -0.39 is 0 Å². The predicted molar refractivity (Wildman–Crippen MR) is 117 cm³/mol. The van der Waals surface area contributed by atoms with Crippen LogP contribution in [0.1, 0.15) is 39.0 Å². The molecule has 0 fully saturated rings. The van der Waals surface area contributed by atoms with Crippen LogP contribution in [0.4, 0.5) is 0 Å². The Bertz CT molecular complexity index is 660. The van der Waals surface area contributed by atoms with Crippen LogP contribution in [0.3, 0.4) is 0 Å². The van der Waals surface area contributed by atoms with Crippen LogP contribution >= 0.6 is 35.6 Å². The quantitative estimate of drug-likeness (QED) is 0.237. The molecule has 0 aliphatic rings. The molecular weight excluding hydrogens is 465 g/mol. The smallest absolute Gasteiger partial charge is 0.228 e. The SMILES string of the molecule is CCCCCN=C(NCC)NCCc1nc(-c2ccc(Cl)cc2)no1.I. The summed E-state index contributed by atoms with van der Waals surface area (Å²) in [6.07, 6.45) is 4.16. The number of hydrogen-bond donors (Lipinski definition) is 2. The Morgan fingerprint density at radius 1 is 1.15 bits per heavy atom. The third kappa shape index (κ3) is 7.90. The second kappa shape index (κ2) is 12.9. The van der Waals surface area contributed by atoms with Crippen LogP contribution in [-0.4, -0.2) is 35.7 Å². The van der Waals surface area contributed by atoms with E-state index in [0.29, 0.717) is 29.7 Å². The van der Waals surface area contributed by atoms with Crippen molar-refractivity contribution in [3.8, 4) is 11.4 Å². The minimum Gasteiger partial charge on any atom is -0.357 e. The highest BCUT2D eigenvalue weighted by Gasteiger charge is 2.08. The fourth-order valence-corrected chi connectivity index (χ4v) is 2.38. The highest BCUT2D eigenvalue weighted by atomic mass is 127. The van der Waals surface area contributed by atoms with Crippen LogP contribution in [0.5, 0.6) is 0 Å². The Labute approximate surface area is 177 Å². The van der Waals surface area contributed by atoms with Gasteiger partial charge in [0.1, 0.15) is 0 Å². The van der Waals surface area contributed by atoms with Gasteiger partial charge in [-0.2, -0.15) is 4.98 Å². The first kappa shape index (κ1) is 22.7. The molecule has 0 aliphatic carbocycles. The molecule has 2 aromatic rings. The number of benzene rings is 1. The average Bonchev–Trinajstić information content (AvgIpc) is 3.08. The van der Waals surface area contributed by atoms with Gasteiger partial charge < -0.3 is 15.2 Å². The fourth-order valence-electron chi connectivity index (χ4n) is 2.25. The molecule has 2 N–H and O–H groups in total. The molecule has 26 heavy (non-hydrogen) atoms. The number of hydrogen-bond acceptors (Lipinski definition) is 4. The summed E-state index contributed by atoms with van der Waals surface area (Å²) in [7, 11) is 0. The van der Waals surface area contributed by atoms with Gasteiger partial charge in [0.25, 0.3) is 0 Å². The molecule has 0 radical (unpaired) electrons. The van der Waals surface area contributed by atoms with E-state index in [0.717, 1.165) is 31.0 Å². The fraction of sp³-hybridized carbons (Fsp3) is 0.500. The molecule has 1 aromatic carbocycles. The summed E-state index contributed by atoms with van der Waals surface area (Å²) in [5.74, 6) is 2.00. The van der Waals surface area contributed by atoms with E-state index in [2.05, 4.69) is 39.6 Å². The summed E-state index contributed by atoms with van der Waals surface area (Å²) in [6, 6.07) is 7.38. The van der Waals surface area contributed by atoms with Crippen molar-refractivity contribution in [1.82, 2.24) is 20.8 Å². The van der Waals surface area contributed by atoms with Gasteiger partial charge >= 0.3 is 0 Å². The number of aliphatic imine (C=N–C) groups is 1. The van der Waals surface area contributed by atoms with Gasteiger partial charge in [0.2, 0.25) is 11.7 Å². The van der Waals surface area contributed by atoms with Crippen LogP contribution in [0.2, 0.25) is 5.02 Å². The van der Waals surface area contributed by atoms with Crippen molar-refractivity contribution < 1.29 is 4.52 Å². The summed E-state index contributed by atoms with van der Waals surface area (Å²) < 4.78 is 5.31. The maximum atomic E-state index is 5.89. The molecule has 0 unspecified atom stereocenters. The molecule has 0 bridgehead atoms. The molecule has 0 amide bonds. The molecule has 144 valence electrons. The summed E-state index contributed by atoms with van der Waals surface area (Å²) in [6.45, 7) is 6.60. The summed E-state index contributed by atoms with van der Waals surface area (Å²) in [4.78, 5) is 8.98. The molecule has 0 saturated heterocycles. The third-order valence-electron chi connectivity index (χ3n) is 3.58. The maximum absolute atomic E-state index is 5.89. The topological polar surface area (TPSA) is 75.3 Å². The van der Waals surface area contributed by atoms with E-state index in [1.807, 2.05) is 24.3 Å². The van der Waals surface area contributed by atoms with Gasteiger partial charge in [-0.1, -0.05) is 36.5 Å². The molecule has 0 saturated carbocycles. The van der Waals surface area contributed by atoms with Crippen LogP contribution in [0.25, 0.3) is 11.4 Å². The number of nitrogens with zero attached hydrogens (tertiary/aromatic N) is 3. The molecule has 0 atom stereocenters. The normalized spacial score (nSPS) is 11.1. The molecule has 2 rings (SSSR count). The Morgan fingerprint density at radius 3 is 2.62 bits per heavy atom. The van der Waals surface area contributed by atoms with Gasteiger partial charge in [-0.3, -0.25) is 4.99 Å². The lowest BCUT2D eigenvalue weighted by atomic mass is 10.2. The van der Waals surface area contributed by atoms with Crippen molar-refractivity contribution >= 4 is 41.5 Å². The van der Waals surface area contributed by atoms with E-state index in [1.54, 1.807) is 0 Å². The lowest BCUT2D eigenvalue weighted by Crippen LogP contribution is -2.38. The zero-order chi connectivity index (χ0) is 17.9. The highest BCUT2D eigenvalue weighted by molar-refractivity contribution is 14.0. The number of guanidine groups is 1. The lowest BCUT2D eigenvalue weighted by molar-refractivity contribution is 0.378. The first-order chi connectivity index (χ1) is 12.2. The summed E-state index contributed by atoms with van der Waals surface area (Å²) in [5.41, 5.74) is 0.887. The van der Waals surface area contributed by atoms with Crippen LogP contribution < -0.4 is 10.6 Å². The van der Waals surface area contributed by atoms with Gasteiger partial charge in [0, 0.05) is 36.6 Å². The third-order valence-corrected chi connectivity index (χ3v) is 3.83. The van der Waals surface area contributed by atoms with E-state index in [-0.39, 0.29) is 24.0 Å². The van der Waals surface area contributed by atoms with Crippen LogP contribution in [0.15, 0.2) is 33.8 Å². The second-order valence-electron chi connectivity index (χ2n) is 5.66. The zero-order valence-electron chi connectivity index (χ0n) is 15.3. The van der Waals surface area contributed by atoms with Crippen LogP contribution in [0, 0.1) is 0 Å². The summed E-state index contributed by atoms with van der Waals surface area (Å²) in [5, 5.41) is 11.2. The van der Waals surface area contributed by atoms with Gasteiger partial charge in [-0.05, 0) is 37.6 Å². The van der Waals surface area contributed by atoms with Crippen molar-refractivity contribution in [2.24, 2.45) is 4.99 Å². The molecule has 8 heteroatoms. The Morgan fingerprint density at radius 2 is 1.92 bits per heavy atom. The Hall–Kier alpha value is -1.35. The van der Waals surface area contributed by atoms with E-state index in [9.17, 15) is 0 Å². The monoisotopic (exact) mass is 491 g/mol. The van der Waals surface area contributed by atoms with Crippen LogP contribution in [-0.2, 0) is 6.42 Å². The number of halogens is 2. The first-order valence-electron chi connectivity index (χ1n) is 8.83. The van der Waals surface area contributed by atoms with E-state index in [1.165, 1.54) is 12.8 Å².